The van der Waals surface area contributed by atoms with Gasteiger partial charge in [0, 0.05) is 37.3 Å². The Bertz CT molecular complexity index is 1390. The van der Waals surface area contributed by atoms with E-state index in [0.717, 1.165) is 48.9 Å². The second-order valence-electron chi connectivity index (χ2n) is 8.72. The van der Waals surface area contributed by atoms with Gasteiger partial charge in [0.2, 0.25) is 5.91 Å². The fraction of sp³-hybridized carbons (Fsp3) is 0.250. The van der Waals surface area contributed by atoms with E-state index in [1.54, 1.807) is 10.6 Å². The van der Waals surface area contributed by atoms with Crippen molar-refractivity contribution in [2.24, 2.45) is 0 Å². The summed E-state index contributed by atoms with van der Waals surface area (Å²) in [6, 6.07) is 22.9. The summed E-state index contributed by atoms with van der Waals surface area (Å²) >= 11 is 0. The average Bonchev–Trinajstić information content (AvgIpc) is 2.89. The summed E-state index contributed by atoms with van der Waals surface area (Å²) < 4.78 is 7.03. The molecular weight excluding hydrogens is 440 g/mol. The lowest BCUT2D eigenvalue weighted by Crippen LogP contribution is -2.36. The number of hydrogen-bond donors (Lipinski definition) is 1. The third-order valence-corrected chi connectivity index (χ3v) is 6.24. The number of para-hydroxylation sites is 1. The van der Waals surface area contributed by atoms with Crippen LogP contribution in [0, 0.1) is 6.92 Å². The first-order valence-electron chi connectivity index (χ1n) is 11.9. The number of carbonyl (C=O) groups excluding carboxylic acids is 1. The number of morpholine rings is 1. The molecule has 0 saturated carbocycles. The fourth-order valence-corrected chi connectivity index (χ4v) is 4.33. The van der Waals surface area contributed by atoms with E-state index < -0.39 is 0 Å². The van der Waals surface area contributed by atoms with Crippen LogP contribution in [0.2, 0.25) is 0 Å². The first-order valence-corrected chi connectivity index (χ1v) is 11.9. The van der Waals surface area contributed by atoms with E-state index in [4.69, 9.17) is 9.72 Å². The molecule has 0 bridgehead atoms. The first kappa shape index (κ1) is 22.8. The Kier molecular flexibility index (Phi) is 6.59. The molecule has 5 rings (SSSR count). The van der Waals surface area contributed by atoms with Crippen molar-refractivity contribution in [1.82, 2.24) is 9.55 Å². The number of nitrogens with one attached hydrogen (secondary N) is 1. The third kappa shape index (κ3) is 5.10. The fourth-order valence-electron chi connectivity index (χ4n) is 4.33. The van der Waals surface area contributed by atoms with Gasteiger partial charge < -0.3 is 15.0 Å². The Morgan fingerprint density at radius 1 is 0.943 bits per heavy atom. The van der Waals surface area contributed by atoms with Crippen LogP contribution in [0.3, 0.4) is 0 Å². The van der Waals surface area contributed by atoms with Gasteiger partial charge in [0.25, 0.3) is 5.56 Å². The highest BCUT2D eigenvalue weighted by atomic mass is 16.5. The van der Waals surface area contributed by atoms with Crippen molar-refractivity contribution in [3.05, 3.63) is 94.5 Å². The maximum Gasteiger partial charge on any atom is 0.265 e. The van der Waals surface area contributed by atoms with Crippen LogP contribution in [0.1, 0.15) is 17.8 Å². The van der Waals surface area contributed by atoms with Crippen molar-refractivity contribution < 1.29 is 9.53 Å². The molecule has 7 heteroatoms. The molecule has 0 unspecified atom stereocenters. The number of amides is 1. The number of ether oxygens (including phenoxy) is 1. The van der Waals surface area contributed by atoms with Crippen molar-refractivity contribution in [1.29, 1.82) is 0 Å². The predicted molar refractivity (Wildman–Crippen MR) is 139 cm³/mol. The standard InChI is InChI=1S/C28H28N4O3/c1-20-6-10-23(11-7-20)32-26(30-25-5-3-2-4-24(25)28(32)34)14-15-27(33)29-21-8-12-22(13-9-21)31-16-18-35-19-17-31/h2-13H,14-19H2,1H3,(H,29,33). The molecule has 1 fully saturated rings. The summed E-state index contributed by atoms with van der Waals surface area (Å²) in [5.41, 5.74) is 4.22. The zero-order valence-electron chi connectivity index (χ0n) is 19.7. The molecule has 1 amide bonds. The minimum absolute atomic E-state index is 0.123. The number of hydrogen-bond acceptors (Lipinski definition) is 5. The van der Waals surface area contributed by atoms with Gasteiger partial charge in [0.15, 0.2) is 0 Å². The normalized spacial score (nSPS) is 13.7. The van der Waals surface area contributed by atoms with E-state index in [1.165, 1.54) is 0 Å². The van der Waals surface area contributed by atoms with Crippen LogP contribution >= 0.6 is 0 Å². The largest absolute Gasteiger partial charge is 0.378 e. The molecule has 2 heterocycles. The number of rotatable bonds is 6. The van der Waals surface area contributed by atoms with Gasteiger partial charge in [-0.3, -0.25) is 14.2 Å². The van der Waals surface area contributed by atoms with Crippen molar-refractivity contribution >= 4 is 28.2 Å². The van der Waals surface area contributed by atoms with Gasteiger partial charge in [-0.15, -0.1) is 0 Å². The van der Waals surface area contributed by atoms with E-state index >= 15 is 0 Å². The first-order chi connectivity index (χ1) is 17.1. The number of aromatic nitrogens is 2. The molecule has 35 heavy (non-hydrogen) atoms. The molecule has 0 aliphatic carbocycles. The van der Waals surface area contributed by atoms with Crippen molar-refractivity contribution in [2.45, 2.75) is 19.8 Å². The molecule has 1 aliphatic rings. The number of fused-ring (bicyclic) bond motifs is 1. The Balaban J connectivity index is 1.33. The summed E-state index contributed by atoms with van der Waals surface area (Å²) in [7, 11) is 0. The Hall–Kier alpha value is -3.97. The van der Waals surface area contributed by atoms with Crippen molar-refractivity contribution in [3.63, 3.8) is 0 Å². The highest BCUT2D eigenvalue weighted by Crippen LogP contribution is 2.20. The van der Waals surface area contributed by atoms with Crippen molar-refractivity contribution in [2.75, 3.05) is 36.5 Å². The highest BCUT2D eigenvalue weighted by molar-refractivity contribution is 5.91. The molecule has 0 atom stereocenters. The van der Waals surface area contributed by atoms with Crippen LogP contribution in [0.5, 0.6) is 0 Å². The van der Waals surface area contributed by atoms with Gasteiger partial charge >= 0.3 is 0 Å². The second-order valence-corrected chi connectivity index (χ2v) is 8.72. The smallest absolute Gasteiger partial charge is 0.265 e. The molecule has 7 nitrogen and oxygen atoms in total. The van der Waals surface area contributed by atoms with E-state index in [9.17, 15) is 9.59 Å². The van der Waals surface area contributed by atoms with Crippen LogP contribution in [0.4, 0.5) is 11.4 Å². The minimum Gasteiger partial charge on any atom is -0.378 e. The molecule has 1 aliphatic heterocycles. The van der Waals surface area contributed by atoms with Gasteiger partial charge in [-0.05, 0) is 55.5 Å². The summed E-state index contributed by atoms with van der Waals surface area (Å²) in [5, 5.41) is 3.52. The Morgan fingerprint density at radius 2 is 1.63 bits per heavy atom. The number of aryl methyl sites for hydroxylation is 2. The van der Waals surface area contributed by atoms with Crippen LogP contribution in [-0.4, -0.2) is 41.8 Å². The van der Waals surface area contributed by atoms with Crippen LogP contribution in [0.25, 0.3) is 16.6 Å². The third-order valence-electron chi connectivity index (χ3n) is 6.24. The lowest BCUT2D eigenvalue weighted by Gasteiger charge is -2.28. The number of anilines is 2. The van der Waals surface area contributed by atoms with Crippen LogP contribution in [-0.2, 0) is 16.0 Å². The Morgan fingerprint density at radius 3 is 2.37 bits per heavy atom. The summed E-state index contributed by atoms with van der Waals surface area (Å²) in [5.74, 6) is 0.442. The molecule has 3 aromatic carbocycles. The SMILES string of the molecule is Cc1ccc(-n2c(CCC(=O)Nc3ccc(N4CCOCC4)cc3)nc3ccccc3c2=O)cc1. The summed E-state index contributed by atoms with van der Waals surface area (Å²) in [6.45, 7) is 5.20. The molecule has 1 N–H and O–H groups in total. The van der Waals surface area contributed by atoms with Crippen LogP contribution in [0.15, 0.2) is 77.6 Å². The van der Waals surface area contributed by atoms with Gasteiger partial charge in [0.1, 0.15) is 5.82 Å². The van der Waals surface area contributed by atoms with Gasteiger partial charge in [0.05, 0.1) is 29.8 Å². The van der Waals surface area contributed by atoms with E-state index in [-0.39, 0.29) is 17.9 Å². The summed E-state index contributed by atoms with van der Waals surface area (Å²) in [6.07, 6.45) is 0.549. The number of benzene rings is 3. The molecule has 0 radical (unpaired) electrons. The topological polar surface area (TPSA) is 76.5 Å². The number of nitrogens with zero attached hydrogens (tertiary/aromatic N) is 3. The molecule has 4 aromatic rings. The second kappa shape index (κ2) is 10.1. The van der Waals surface area contributed by atoms with Gasteiger partial charge in [-0.2, -0.15) is 0 Å². The van der Waals surface area contributed by atoms with Gasteiger partial charge in [-0.25, -0.2) is 4.98 Å². The van der Waals surface area contributed by atoms with Crippen molar-refractivity contribution in [3.8, 4) is 5.69 Å². The van der Waals surface area contributed by atoms with Gasteiger partial charge in [-0.1, -0.05) is 29.8 Å². The number of carbonyl (C=O) groups is 1. The average molecular weight is 469 g/mol. The lowest BCUT2D eigenvalue weighted by molar-refractivity contribution is -0.116. The molecule has 0 spiro atoms. The predicted octanol–water partition coefficient (Wildman–Crippen LogP) is 4.10. The van der Waals surface area contributed by atoms with E-state index in [1.807, 2.05) is 73.7 Å². The maximum absolute atomic E-state index is 13.3. The molecule has 1 aromatic heterocycles. The van der Waals surface area contributed by atoms with Crippen LogP contribution < -0.4 is 15.8 Å². The lowest BCUT2D eigenvalue weighted by atomic mass is 10.2. The zero-order valence-corrected chi connectivity index (χ0v) is 19.7. The quantitative estimate of drug-likeness (QED) is 0.461. The molecular formula is C28H28N4O3. The monoisotopic (exact) mass is 468 g/mol. The highest BCUT2D eigenvalue weighted by Gasteiger charge is 2.15. The maximum atomic E-state index is 13.3. The molecule has 178 valence electrons. The van der Waals surface area contributed by atoms with E-state index in [0.29, 0.717) is 23.1 Å². The minimum atomic E-state index is -0.131. The molecule has 1 saturated heterocycles. The summed E-state index contributed by atoms with van der Waals surface area (Å²) in [4.78, 5) is 33.1. The van der Waals surface area contributed by atoms with E-state index in [2.05, 4.69) is 10.2 Å². The Labute approximate surface area is 204 Å². The zero-order chi connectivity index (χ0) is 24.2.